The lowest BCUT2D eigenvalue weighted by Gasteiger charge is -2.08. The van der Waals surface area contributed by atoms with Gasteiger partial charge in [-0.2, -0.15) is 5.10 Å². The highest BCUT2D eigenvalue weighted by Crippen LogP contribution is 2.06. The van der Waals surface area contributed by atoms with E-state index >= 15 is 0 Å². The molecule has 17 heavy (non-hydrogen) atoms. The van der Waals surface area contributed by atoms with E-state index in [9.17, 15) is 4.79 Å². The standard InChI is InChI=1S/C11H13ClN4O/c1-7-4-9(15(3)14-7)6-16-8(2)13-10(12)5-11(16)17/h4-5H,6H2,1-3H3. The molecule has 0 bridgehead atoms. The second-order valence-corrected chi connectivity index (χ2v) is 4.34. The Kier molecular flexibility index (Phi) is 3.02. The Labute approximate surface area is 104 Å². The number of rotatable bonds is 2. The highest BCUT2D eigenvalue weighted by Gasteiger charge is 2.08. The maximum Gasteiger partial charge on any atom is 0.255 e. The molecule has 0 spiro atoms. The maximum absolute atomic E-state index is 11.8. The van der Waals surface area contributed by atoms with Crippen LogP contribution in [0.3, 0.4) is 0 Å². The summed E-state index contributed by atoms with van der Waals surface area (Å²) in [5, 5.41) is 4.47. The van der Waals surface area contributed by atoms with Crippen LogP contribution in [-0.2, 0) is 13.6 Å². The molecule has 2 heterocycles. The van der Waals surface area contributed by atoms with Crippen LogP contribution in [0, 0.1) is 13.8 Å². The fraction of sp³-hybridized carbons (Fsp3) is 0.364. The van der Waals surface area contributed by atoms with Crippen LogP contribution in [0.25, 0.3) is 0 Å². The summed E-state index contributed by atoms with van der Waals surface area (Å²) >= 11 is 5.72. The van der Waals surface area contributed by atoms with Gasteiger partial charge < -0.3 is 0 Å². The second-order valence-electron chi connectivity index (χ2n) is 3.95. The predicted octanol–water partition coefficient (Wildman–Crippen LogP) is 1.30. The molecule has 2 aromatic heterocycles. The first-order chi connectivity index (χ1) is 7.97. The third-order valence-corrected chi connectivity index (χ3v) is 2.78. The van der Waals surface area contributed by atoms with Gasteiger partial charge in [0.15, 0.2) is 0 Å². The van der Waals surface area contributed by atoms with Crippen molar-refractivity contribution in [3.05, 3.63) is 44.9 Å². The Hall–Kier alpha value is -1.62. The van der Waals surface area contributed by atoms with Crippen LogP contribution < -0.4 is 5.56 Å². The van der Waals surface area contributed by atoms with Gasteiger partial charge in [0.2, 0.25) is 0 Å². The van der Waals surface area contributed by atoms with Gasteiger partial charge >= 0.3 is 0 Å². The van der Waals surface area contributed by atoms with E-state index in [1.165, 1.54) is 6.07 Å². The van der Waals surface area contributed by atoms with E-state index < -0.39 is 0 Å². The van der Waals surface area contributed by atoms with Crippen molar-refractivity contribution in [3.8, 4) is 0 Å². The average molecular weight is 253 g/mol. The molecule has 0 saturated carbocycles. The number of aryl methyl sites for hydroxylation is 3. The molecule has 2 aromatic rings. The SMILES string of the molecule is Cc1cc(Cn2c(C)nc(Cl)cc2=O)n(C)n1. The molecule has 0 aromatic carbocycles. The molecule has 0 fully saturated rings. The monoisotopic (exact) mass is 252 g/mol. The van der Waals surface area contributed by atoms with Crippen LogP contribution >= 0.6 is 11.6 Å². The lowest BCUT2D eigenvalue weighted by molar-refractivity contribution is 0.629. The zero-order valence-electron chi connectivity index (χ0n) is 9.94. The molecule has 0 amide bonds. The van der Waals surface area contributed by atoms with E-state index in [1.54, 1.807) is 16.2 Å². The van der Waals surface area contributed by atoms with Gasteiger partial charge in [0.25, 0.3) is 5.56 Å². The summed E-state index contributed by atoms with van der Waals surface area (Å²) in [6.07, 6.45) is 0. The molecule has 0 unspecified atom stereocenters. The summed E-state index contributed by atoms with van der Waals surface area (Å²) in [4.78, 5) is 15.9. The highest BCUT2D eigenvalue weighted by atomic mass is 35.5. The Balaban J connectivity index is 2.43. The van der Waals surface area contributed by atoms with Crippen LogP contribution in [0.5, 0.6) is 0 Å². The van der Waals surface area contributed by atoms with Crippen LogP contribution in [0.1, 0.15) is 17.2 Å². The molecule has 5 nitrogen and oxygen atoms in total. The van der Waals surface area contributed by atoms with E-state index in [4.69, 9.17) is 11.6 Å². The zero-order chi connectivity index (χ0) is 12.6. The first-order valence-electron chi connectivity index (χ1n) is 5.21. The number of hydrogen-bond donors (Lipinski definition) is 0. The summed E-state index contributed by atoms with van der Waals surface area (Å²) in [7, 11) is 1.85. The second kappa shape index (κ2) is 4.33. The number of halogens is 1. The van der Waals surface area contributed by atoms with E-state index in [0.717, 1.165) is 11.4 Å². The first-order valence-corrected chi connectivity index (χ1v) is 5.58. The summed E-state index contributed by atoms with van der Waals surface area (Å²) < 4.78 is 3.33. The van der Waals surface area contributed by atoms with Crippen LogP contribution in [-0.4, -0.2) is 19.3 Å². The predicted molar refractivity (Wildman–Crippen MR) is 65.3 cm³/mol. The van der Waals surface area contributed by atoms with Gasteiger partial charge in [0.1, 0.15) is 11.0 Å². The summed E-state index contributed by atoms with van der Waals surface area (Å²) in [5.74, 6) is 0.598. The van der Waals surface area contributed by atoms with Crippen LogP contribution in [0.2, 0.25) is 5.15 Å². The normalized spacial score (nSPS) is 10.8. The van der Waals surface area contributed by atoms with Gasteiger partial charge in [-0.25, -0.2) is 4.98 Å². The molecule has 0 aliphatic carbocycles. The Morgan fingerprint density at radius 2 is 2.06 bits per heavy atom. The molecule has 0 aliphatic heterocycles. The van der Waals surface area contributed by atoms with Crippen molar-refractivity contribution in [1.82, 2.24) is 19.3 Å². The Bertz CT molecular complexity index is 614. The van der Waals surface area contributed by atoms with Gasteiger partial charge in [-0.15, -0.1) is 0 Å². The van der Waals surface area contributed by atoms with Crippen molar-refractivity contribution in [1.29, 1.82) is 0 Å². The van der Waals surface area contributed by atoms with Crippen molar-refractivity contribution in [2.75, 3.05) is 0 Å². The quantitative estimate of drug-likeness (QED) is 0.757. The van der Waals surface area contributed by atoms with Gasteiger partial charge in [-0.1, -0.05) is 11.6 Å². The molecular formula is C11H13ClN4O. The van der Waals surface area contributed by atoms with Crippen molar-refractivity contribution < 1.29 is 0 Å². The van der Waals surface area contributed by atoms with Crippen molar-refractivity contribution in [2.24, 2.45) is 7.05 Å². The molecule has 0 N–H and O–H groups in total. The van der Waals surface area contributed by atoms with Crippen molar-refractivity contribution >= 4 is 11.6 Å². The Morgan fingerprint density at radius 1 is 1.35 bits per heavy atom. The third kappa shape index (κ3) is 2.39. The zero-order valence-corrected chi connectivity index (χ0v) is 10.7. The highest BCUT2D eigenvalue weighted by molar-refractivity contribution is 6.29. The number of nitrogens with zero attached hydrogens (tertiary/aromatic N) is 4. The molecule has 0 aliphatic rings. The topological polar surface area (TPSA) is 52.7 Å². The first kappa shape index (κ1) is 11.9. The maximum atomic E-state index is 11.8. The Morgan fingerprint density at radius 3 is 2.59 bits per heavy atom. The smallest absolute Gasteiger partial charge is 0.255 e. The van der Waals surface area contributed by atoms with Crippen LogP contribution in [0.4, 0.5) is 0 Å². The molecule has 6 heteroatoms. The molecule has 0 atom stereocenters. The molecule has 0 radical (unpaired) electrons. The van der Waals surface area contributed by atoms with Gasteiger partial charge in [0, 0.05) is 13.1 Å². The van der Waals surface area contributed by atoms with E-state index in [2.05, 4.69) is 10.1 Å². The molecule has 2 rings (SSSR count). The summed E-state index contributed by atoms with van der Waals surface area (Å²) in [5.41, 5.74) is 1.73. The molecule has 0 saturated heterocycles. The third-order valence-electron chi connectivity index (χ3n) is 2.59. The minimum atomic E-state index is -0.152. The summed E-state index contributed by atoms with van der Waals surface area (Å²) in [6, 6.07) is 3.26. The molecular weight excluding hydrogens is 240 g/mol. The van der Waals surface area contributed by atoms with Crippen molar-refractivity contribution in [2.45, 2.75) is 20.4 Å². The molecule has 90 valence electrons. The van der Waals surface area contributed by atoms with Crippen molar-refractivity contribution in [3.63, 3.8) is 0 Å². The summed E-state index contributed by atoms with van der Waals surface area (Å²) in [6.45, 7) is 4.13. The number of hydrogen-bond acceptors (Lipinski definition) is 3. The minimum Gasteiger partial charge on any atom is -0.291 e. The van der Waals surface area contributed by atoms with Gasteiger partial charge in [-0.05, 0) is 19.9 Å². The fourth-order valence-electron chi connectivity index (χ4n) is 1.75. The fourth-order valence-corrected chi connectivity index (χ4v) is 1.97. The van der Waals surface area contributed by atoms with Gasteiger partial charge in [0.05, 0.1) is 17.9 Å². The lowest BCUT2D eigenvalue weighted by atomic mass is 10.3. The van der Waals surface area contributed by atoms with Crippen LogP contribution in [0.15, 0.2) is 16.9 Å². The average Bonchev–Trinajstić information content (AvgIpc) is 2.51. The van der Waals surface area contributed by atoms with E-state index in [0.29, 0.717) is 12.4 Å². The van der Waals surface area contributed by atoms with E-state index in [1.807, 2.05) is 20.0 Å². The van der Waals surface area contributed by atoms with E-state index in [-0.39, 0.29) is 10.7 Å². The lowest BCUT2D eigenvalue weighted by Crippen LogP contribution is -2.24. The largest absolute Gasteiger partial charge is 0.291 e. The van der Waals surface area contributed by atoms with Gasteiger partial charge in [-0.3, -0.25) is 14.0 Å². The number of aromatic nitrogens is 4. The minimum absolute atomic E-state index is 0.152.